The van der Waals surface area contributed by atoms with Gasteiger partial charge in [-0.3, -0.25) is 0 Å². The summed E-state index contributed by atoms with van der Waals surface area (Å²) in [6.45, 7) is 11.7. The molecule has 0 N–H and O–H groups in total. The molecule has 0 unspecified atom stereocenters. The first-order valence-electron chi connectivity index (χ1n) is 2.60. The van der Waals surface area contributed by atoms with Crippen LogP contribution in [-0.4, -0.2) is 0 Å². The predicted molar refractivity (Wildman–Crippen MR) is 32.9 cm³/mol. The Morgan fingerprint density at radius 2 is 1.86 bits per heavy atom. The van der Waals surface area contributed by atoms with Gasteiger partial charge in [0.2, 0.25) is 0 Å². The Kier molecular flexibility index (Phi) is 2.07. The molecule has 0 bridgehead atoms. The number of hydrogen-bond acceptors (Lipinski definition) is 0. The Bertz CT molecular complexity index is 54.9. The van der Waals surface area contributed by atoms with Gasteiger partial charge in [-0.05, 0) is 11.8 Å². The van der Waals surface area contributed by atoms with Crippen LogP contribution in [0, 0.1) is 12.0 Å². The standard InChI is InChI=1S/C7H13/c1-5-6-7(2,3)4/h1,5H,6H2,2-4H3. The largest absolute Gasteiger partial charge is 0.0840 e. The van der Waals surface area contributed by atoms with E-state index in [1.165, 1.54) is 0 Å². The highest BCUT2D eigenvalue weighted by Crippen LogP contribution is 2.17. The third-order valence-electron chi connectivity index (χ3n) is 0.730. The molecule has 0 atom stereocenters. The average molecular weight is 97.2 g/mol. The molecule has 0 amide bonds. The molecule has 0 saturated heterocycles. The van der Waals surface area contributed by atoms with Crippen molar-refractivity contribution in [3.63, 3.8) is 0 Å². The molecule has 0 aromatic heterocycles. The maximum Gasteiger partial charge on any atom is -0.0299 e. The lowest BCUT2D eigenvalue weighted by atomic mass is 9.93. The minimum atomic E-state index is 0.370. The molecule has 0 aliphatic heterocycles. The molecule has 1 radical (unpaired) electrons. The van der Waals surface area contributed by atoms with Gasteiger partial charge in [0.05, 0.1) is 0 Å². The molecule has 7 heavy (non-hydrogen) atoms. The van der Waals surface area contributed by atoms with Crippen LogP contribution in [0.2, 0.25) is 0 Å². The van der Waals surface area contributed by atoms with Crippen LogP contribution in [0.25, 0.3) is 0 Å². The molecule has 0 aliphatic carbocycles. The van der Waals surface area contributed by atoms with E-state index in [9.17, 15) is 0 Å². The molecule has 0 rings (SSSR count). The lowest BCUT2D eigenvalue weighted by Crippen LogP contribution is -2.01. The summed E-state index contributed by atoms with van der Waals surface area (Å²) in [5, 5.41) is 0. The van der Waals surface area contributed by atoms with E-state index < -0.39 is 0 Å². The molecule has 41 valence electrons. The molecule has 0 saturated carbocycles. The van der Waals surface area contributed by atoms with Crippen molar-refractivity contribution in [1.82, 2.24) is 0 Å². The second-order valence-corrected chi connectivity index (χ2v) is 3.00. The van der Waals surface area contributed by atoms with Gasteiger partial charge in [0.15, 0.2) is 0 Å². The van der Waals surface area contributed by atoms with E-state index in [0.717, 1.165) is 6.42 Å². The highest BCUT2D eigenvalue weighted by molar-refractivity contribution is 4.72. The molecular formula is C7H13. The molecule has 0 heteroatoms. The number of hydrogen-bond donors (Lipinski definition) is 0. The SMILES string of the molecule is [CH]=CCC(C)(C)C. The molecule has 0 aromatic rings. The number of rotatable bonds is 1. The second-order valence-electron chi connectivity index (χ2n) is 3.00. The van der Waals surface area contributed by atoms with Gasteiger partial charge in [0.25, 0.3) is 0 Å². The van der Waals surface area contributed by atoms with E-state index in [2.05, 4.69) is 20.8 Å². The molecule has 0 aromatic carbocycles. The summed E-state index contributed by atoms with van der Waals surface area (Å²) in [5.74, 6) is 0. The van der Waals surface area contributed by atoms with Crippen LogP contribution in [-0.2, 0) is 0 Å². The second kappa shape index (κ2) is 2.15. The van der Waals surface area contributed by atoms with Crippen LogP contribution in [0.5, 0.6) is 0 Å². The Hall–Kier alpha value is -0.260. The Morgan fingerprint density at radius 3 is 1.86 bits per heavy atom. The third-order valence-corrected chi connectivity index (χ3v) is 0.730. The molecule has 0 nitrogen and oxygen atoms in total. The maximum atomic E-state index is 5.19. The summed E-state index contributed by atoms with van der Waals surface area (Å²) >= 11 is 0. The zero-order valence-corrected chi connectivity index (χ0v) is 5.36. The van der Waals surface area contributed by atoms with Gasteiger partial charge in [-0.25, -0.2) is 0 Å². The summed E-state index contributed by atoms with van der Waals surface area (Å²) in [6, 6.07) is 0. The minimum absolute atomic E-state index is 0.370. The Morgan fingerprint density at radius 1 is 1.43 bits per heavy atom. The fraction of sp³-hybridized carbons (Fsp3) is 0.714. The van der Waals surface area contributed by atoms with E-state index in [-0.39, 0.29) is 0 Å². The van der Waals surface area contributed by atoms with Crippen LogP contribution >= 0.6 is 0 Å². The van der Waals surface area contributed by atoms with Gasteiger partial charge in [0, 0.05) is 0 Å². The third kappa shape index (κ3) is 5.74. The van der Waals surface area contributed by atoms with Crippen LogP contribution in [0.3, 0.4) is 0 Å². The maximum absolute atomic E-state index is 5.19. The zero-order valence-electron chi connectivity index (χ0n) is 5.36. The molecule has 0 aliphatic rings. The summed E-state index contributed by atoms with van der Waals surface area (Å²) in [7, 11) is 0. The fourth-order valence-corrected chi connectivity index (χ4v) is 0.354. The van der Waals surface area contributed by atoms with E-state index >= 15 is 0 Å². The van der Waals surface area contributed by atoms with Gasteiger partial charge in [-0.15, -0.1) is 0 Å². The molecule has 0 fully saturated rings. The summed E-state index contributed by atoms with van der Waals surface area (Å²) in [5.41, 5.74) is 0.370. The van der Waals surface area contributed by atoms with Crippen LogP contribution in [0.15, 0.2) is 6.08 Å². The first-order chi connectivity index (χ1) is 3.06. The fourth-order valence-electron chi connectivity index (χ4n) is 0.354. The summed E-state index contributed by atoms with van der Waals surface area (Å²) < 4.78 is 0. The van der Waals surface area contributed by atoms with Gasteiger partial charge in [0.1, 0.15) is 0 Å². The minimum Gasteiger partial charge on any atom is -0.0840 e. The van der Waals surface area contributed by atoms with Crippen molar-refractivity contribution in [2.45, 2.75) is 27.2 Å². The molecule has 0 spiro atoms. The first-order valence-corrected chi connectivity index (χ1v) is 2.60. The van der Waals surface area contributed by atoms with Gasteiger partial charge in [-0.2, -0.15) is 0 Å². The van der Waals surface area contributed by atoms with E-state index in [1.54, 1.807) is 6.08 Å². The van der Waals surface area contributed by atoms with Crippen molar-refractivity contribution < 1.29 is 0 Å². The van der Waals surface area contributed by atoms with Gasteiger partial charge >= 0.3 is 0 Å². The quantitative estimate of drug-likeness (QED) is 0.471. The van der Waals surface area contributed by atoms with Crippen LogP contribution in [0.4, 0.5) is 0 Å². The molecule has 0 heterocycles. The predicted octanol–water partition coefficient (Wildman–Crippen LogP) is 2.41. The van der Waals surface area contributed by atoms with Crippen LogP contribution in [0.1, 0.15) is 27.2 Å². The van der Waals surface area contributed by atoms with Crippen LogP contribution < -0.4 is 0 Å². The van der Waals surface area contributed by atoms with Crippen molar-refractivity contribution in [3.05, 3.63) is 12.7 Å². The van der Waals surface area contributed by atoms with E-state index in [0.29, 0.717) is 5.41 Å². The lowest BCUT2D eigenvalue weighted by molar-refractivity contribution is 0.421. The van der Waals surface area contributed by atoms with Gasteiger partial charge in [-0.1, -0.05) is 33.4 Å². The summed E-state index contributed by atoms with van der Waals surface area (Å²) in [4.78, 5) is 0. The molecular weight excluding hydrogens is 84.1 g/mol. The van der Waals surface area contributed by atoms with Crippen molar-refractivity contribution in [3.8, 4) is 0 Å². The highest BCUT2D eigenvalue weighted by atomic mass is 14.1. The Balaban J connectivity index is 3.34. The van der Waals surface area contributed by atoms with Crippen molar-refractivity contribution in [2.75, 3.05) is 0 Å². The highest BCUT2D eigenvalue weighted by Gasteiger charge is 2.04. The van der Waals surface area contributed by atoms with E-state index in [4.69, 9.17) is 6.58 Å². The topological polar surface area (TPSA) is 0 Å². The van der Waals surface area contributed by atoms with Crippen molar-refractivity contribution in [1.29, 1.82) is 0 Å². The first kappa shape index (κ1) is 6.74. The number of allylic oxidation sites excluding steroid dienone is 1. The summed E-state index contributed by atoms with van der Waals surface area (Å²) in [6.07, 6.45) is 2.70. The van der Waals surface area contributed by atoms with E-state index in [1.807, 2.05) is 0 Å². The average Bonchev–Trinajstić information content (AvgIpc) is 1.30. The normalized spacial score (nSPS) is 11.3. The van der Waals surface area contributed by atoms with Crippen molar-refractivity contribution in [2.24, 2.45) is 5.41 Å². The monoisotopic (exact) mass is 97.1 g/mol. The van der Waals surface area contributed by atoms with Crippen molar-refractivity contribution >= 4 is 0 Å². The smallest absolute Gasteiger partial charge is 0.0299 e. The lowest BCUT2D eigenvalue weighted by Gasteiger charge is -2.13. The van der Waals surface area contributed by atoms with Gasteiger partial charge < -0.3 is 0 Å². The zero-order chi connectivity index (χ0) is 5.91. The Labute approximate surface area is 46.2 Å².